The van der Waals surface area contributed by atoms with E-state index in [0.717, 1.165) is 22.8 Å². The molecule has 0 spiro atoms. The first-order valence-corrected chi connectivity index (χ1v) is 8.55. The van der Waals surface area contributed by atoms with Crippen molar-refractivity contribution in [1.29, 1.82) is 0 Å². The molecule has 1 aromatic heterocycles. The Labute approximate surface area is 158 Å². The highest BCUT2D eigenvalue weighted by molar-refractivity contribution is 14.0. The summed E-state index contributed by atoms with van der Waals surface area (Å²) in [5.74, 6) is 0.483. The molecule has 1 aliphatic carbocycles. The van der Waals surface area contributed by atoms with Gasteiger partial charge in [0.1, 0.15) is 0 Å². The van der Waals surface area contributed by atoms with Gasteiger partial charge in [0.2, 0.25) is 0 Å². The monoisotopic (exact) mass is 442 g/mol. The minimum Gasteiger partial charge on any atom is -0.370 e. The van der Waals surface area contributed by atoms with Crippen LogP contribution in [0, 0.1) is 13.8 Å². The summed E-state index contributed by atoms with van der Waals surface area (Å²) < 4.78 is 0. The molecular formula is C17H23IN4S. The summed E-state index contributed by atoms with van der Waals surface area (Å²) in [7, 11) is 0. The summed E-state index contributed by atoms with van der Waals surface area (Å²) in [6.07, 6.45) is 4.53. The zero-order valence-corrected chi connectivity index (χ0v) is 16.7. The zero-order chi connectivity index (χ0) is 15.5. The first-order valence-electron chi connectivity index (χ1n) is 7.73. The molecule has 3 rings (SSSR count). The van der Waals surface area contributed by atoms with Gasteiger partial charge < -0.3 is 11.1 Å². The first kappa shape index (κ1) is 18.2. The molecule has 0 radical (unpaired) electrons. The lowest BCUT2D eigenvalue weighted by molar-refractivity contribution is 0.912. The van der Waals surface area contributed by atoms with Crippen molar-refractivity contribution in [1.82, 2.24) is 4.98 Å². The van der Waals surface area contributed by atoms with E-state index in [1.807, 2.05) is 6.92 Å². The van der Waals surface area contributed by atoms with Crippen molar-refractivity contribution >= 4 is 47.0 Å². The second-order valence-corrected chi connectivity index (χ2v) is 7.01. The Balaban J connectivity index is 0.00000192. The lowest BCUT2D eigenvalue weighted by Crippen LogP contribution is -2.23. The number of thiazole rings is 1. The van der Waals surface area contributed by atoms with Crippen molar-refractivity contribution in [2.45, 2.75) is 39.5 Å². The van der Waals surface area contributed by atoms with Gasteiger partial charge in [0.05, 0.1) is 10.7 Å². The minimum absolute atomic E-state index is 0. The Kier molecular flexibility index (Phi) is 6.41. The maximum Gasteiger partial charge on any atom is 0.193 e. The Hall–Kier alpha value is -1.15. The maximum atomic E-state index is 5.99. The van der Waals surface area contributed by atoms with Crippen molar-refractivity contribution in [2.75, 3.05) is 11.9 Å². The van der Waals surface area contributed by atoms with Gasteiger partial charge in [-0.05, 0) is 56.4 Å². The van der Waals surface area contributed by atoms with Gasteiger partial charge in [0.25, 0.3) is 0 Å². The van der Waals surface area contributed by atoms with Gasteiger partial charge in [-0.2, -0.15) is 0 Å². The molecule has 0 saturated carbocycles. The highest BCUT2D eigenvalue weighted by Crippen LogP contribution is 2.24. The molecule has 4 nitrogen and oxygen atoms in total. The molecule has 124 valence electrons. The molecule has 0 atom stereocenters. The highest BCUT2D eigenvalue weighted by atomic mass is 127. The second-order valence-electron chi connectivity index (χ2n) is 5.72. The number of rotatable bonds is 4. The minimum atomic E-state index is 0. The van der Waals surface area contributed by atoms with Gasteiger partial charge in [-0.3, -0.25) is 4.99 Å². The van der Waals surface area contributed by atoms with Gasteiger partial charge in [-0.25, -0.2) is 4.98 Å². The smallest absolute Gasteiger partial charge is 0.193 e. The molecule has 0 saturated heterocycles. The lowest BCUT2D eigenvalue weighted by Gasteiger charge is -2.08. The van der Waals surface area contributed by atoms with Crippen molar-refractivity contribution < 1.29 is 0 Å². The van der Waals surface area contributed by atoms with Gasteiger partial charge in [-0.1, -0.05) is 6.07 Å². The molecule has 1 aliphatic rings. The van der Waals surface area contributed by atoms with Gasteiger partial charge >= 0.3 is 0 Å². The molecule has 2 aromatic rings. The molecule has 3 N–H and O–H groups in total. The number of hydrogen-bond donors (Lipinski definition) is 2. The average Bonchev–Trinajstić information content (AvgIpc) is 3.05. The molecular weight excluding hydrogens is 419 g/mol. The summed E-state index contributed by atoms with van der Waals surface area (Å²) in [6.45, 7) is 4.77. The summed E-state index contributed by atoms with van der Waals surface area (Å²) in [5, 5.41) is 4.31. The number of benzene rings is 1. The normalized spacial score (nSPS) is 13.6. The molecule has 23 heavy (non-hydrogen) atoms. The highest BCUT2D eigenvalue weighted by Gasteiger charge is 2.10. The summed E-state index contributed by atoms with van der Waals surface area (Å²) in [6, 6.07) is 6.48. The Bertz CT molecular complexity index is 709. The lowest BCUT2D eigenvalue weighted by atomic mass is 10.1. The van der Waals surface area contributed by atoms with E-state index in [1.54, 1.807) is 11.3 Å². The van der Waals surface area contributed by atoms with E-state index in [-0.39, 0.29) is 24.0 Å². The van der Waals surface area contributed by atoms with Crippen molar-refractivity contribution in [2.24, 2.45) is 10.7 Å². The van der Waals surface area contributed by atoms with Gasteiger partial charge in [0, 0.05) is 23.5 Å². The predicted octanol–water partition coefficient (Wildman–Crippen LogP) is 3.84. The Morgan fingerprint density at radius 3 is 2.83 bits per heavy atom. The Morgan fingerprint density at radius 2 is 2.09 bits per heavy atom. The van der Waals surface area contributed by atoms with E-state index in [9.17, 15) is 0 Å². The fourth-order valence-electron chi connectivity index (χ4n) is 2.92. The second kappa shape index (κ2) is 8.10. The molecule has 0 unspecified atom stereocenters. The van der Waals surface area contributed by atoms with Crippen LogP contribution in [0.2, 0.25) is 0 Å². The van der Waals surface area contributed by atoms with Crippen molar-refractivity contribution in [3.63, 3.8) is 0 Å². The molecule has 1 aromatic carbocycles. The van der Waals surface area contributed by atoms with Gasteiger partial charge in [-0.15, -0.1) is 35.3 Å². The van der Waals surface area contributed by atoms with E-state index >= 15 is 0 Å². The van der Waals surface area contributed by atoms with Crippen molar-refractivity contribution in [3.05, 3.63) is 44.9 Å². The fourth-order valence-corrected chi connectivity index (χ4v) is 3.85. The Morgan fingerprint density at radius 1 is 1.30 bits per heavy atom. The van der Waals surface area contributed by atoms with Crippen LogP contribution in [0.1, 0.15) is 33.1 Å². The third-order valence-corrected chi connectivity index (χ3v) is 5.12. The first-order chi connectivity index (χ1) is 10.6. The van der Waals surface area contributed by atoms with Crippen molar-refractivity contribution in [3.8, 4) is 0 Å². The number of guanidine groups is 1. The zero-order valence-electron chi connectivity index (χ0n) is 13.6. The van der Waals surface area contributed by atoms with Crippen LogP contribution in [0.25, 0.3) is 0 Å². The topological polar surface area (TPSA) is 63.3 Å². The number of aromatic nitrogens is 1. The van der Waals surface area contributed by atoms with Gasteiger partial charge in [0.15, 0.2) is 5.96 Å². The molecule has 0 amide bonds. The van der Waals surface area contributed by atoms with E-state index in [1.165, 1.54) is 35.3 Å². The maximum absolute atomic E-state index is 5.99. The number of nitrogens with zero attached hydrogens (tertiary/aromatic N) is 2. The largest absolute Gasteiger partial charge is 0.370 e. The molecule has 0 fully saturated rings. The number of nitrogens with two attached hydrogens (primary N) is 1. The number of halogens is 1. The average molecular weight is 442 g/mol. The third-order valence-electron chi connectivity index (χ3n) is 3.99. The van der Waals surface area contributed by atoms with E-state index in [4.69, 9.17) is 5.73 Å². The summed E-state index contributed by atoms with van der Waals surface area (Å²) in [4.78, 5) is 10.2. The SMILES string of the molecule is Cc1nc(C)c(CCN=C(N)Nc2ccc3c(c2)CCC3)s1.I. The van der Waals surface area contributed by atoms with Crippen LogP contribution in [0.3, 0.4) is 0 Å². The standard InChI is InChI=1S/C17H22N4S.HI/c1-11-16(22-12(2)20-11)8-9-19-17(18)21-15-7-6-13-4-3-5-14(13)10-15;/h6-7,10H,3-5,8-9H2,1-2H3,(H3,18,19,21);1H. The van der Waals surface area contributed by atoms with Crippen LogP contribution < -0.4 is 11.1 Å². The summed E-state index contributed by atoms with van der Waals surface area (Å²) in [5.41, 5.74) is 11.0. The van der Waals surface area contributed by atoms with E-state index in [2.05, 4.69) is 40.4 Å². The number of anilines is 1. The number of hydrogen-bond acceptors (Lipinski definition) is 3. The number of fused-ring (bicyclic) bond motifs is 1. The number of aryl methyl sites for hydroxylation is 4. The van der Waals surface area contributed by atoms with Crippen LogP contribution in [0.5, 0.6) is 0 Å². The van der Waals surface area contributed by atoms with E-state index in [0.29, 0.717) is 12.5 Å². The fraction of sp³-hybridized carbons (Fsp3) is 0.412. The van der Waals surface area contributed by atoms with Crippen LogP contribution in [-0.4, -0.2) is 17.5 Å². The predicted molar refractivity (Wildman–Crippen MR) is 109 cm³/mol. The summed E-state index contributed by atoms with van der Waals surface area (Å²) >= 11 is 1.74. The van der Waals surface area contributed by atoms with Crippen LogP contribution in [-0.2, 0) is 19.3 Å². The molecule has 6 heteroatoms. The quantitative estimate of drug-likeness (QED) is 0.430. The van der Waals surface area contributed by atoms with Crippen LogP contribution in [0.4, 0.5) is 5.69 Å². The molecule has 0 aliphatic heterocycles. The third kappa shape index (κ3) is 4.67. The molecule has 0 bridgehead atoms. The van der Waals surface area contributed by atoms with E-state index < -0.39 is 0 Å². The van der Waals surface area contributed by atoms with Crippen LogP contribution in [0.15, 0.2) is 23.2 Å². The number of nitrogens with one attached hydrogen (secondary N) is 1. The van der Waals surface area contributed by atoms with Crippen LogP contribution >= 0.6 is 35.3 Å². The molecule has 1 heterocycles. The number of aliphatic imine (C=N–C) groups is 1.